The third-order valence-electron chi connectivity index (χ3n) is 4.45. The first kappa shape index (κ1) is 16.3. The molecule has 1 aromatic carbocycles. The molecule has 24 heavy (non-hydrogen) atoms. The third kappa shape index (κ3) is 3.67. The maximum Gasteiger partial charge on any atom is 0.253 e. The summed E-state index contributed by atoms with van der Waals surface area (Å²) in [4.78, 5) is 29.7. The lowest BCUT2D eigenvalue weighted by molar-refractivity contribution is -0.131. The summed E-state index contributed by atoms with van der Waals surface area (Å²) in [6, 6.07) is 9.51. The van der Waals surface area contributed by atoms with Gasteiger partial charge in [-0.15, -0.1) is 0 Å². The number of hydrogen-bond donors (Lipinski definition) is 2. The van der Waals surface area contributed by atoms with Crippen LogP contribution in [0.2, 0.25) is 0 Å². The van der Waals surface area contributed by atoms with E-state index in [0.717, 1.165) is 37.1 Å². The topological polar surface area (TPSA) is 65.2 Å². The molecule has 2 N–H and O–H groups in total. The lowest BCUT2D eigenvalue weighted by Crippen LogP contribution is -2.46. The Hall–Kier alpha value is -2.56. The summed E-state index contributed by atoms with van der Waals surface area (Å²) in [6.45, 7) is 3.34. The summed E-state index contributed by atoms with van der Waals surface area (Å²) in [7, 11) is 0. The molecule has 5 heteroatoms. The Bertz CT molecular complexity index is 702. The number of rotatable bonds is 5. The molecule has 1 aliphatic rings. The van der Waals surface area contributed by atoms with E-state index < -0.39 is 6.04 Å². The van der Waals surface area contributed by atoms with Crippen LogP contribution in [0.15, 0.2) is 42.7 Å². The first-order chi connectivity index (χ1) is 11.6. The molecule has 1 aliphatic heterocycles. The fraction of sp³-hybridized carbons (Fsp3) is 0.368. The highest BCUT2D eigenvalue weighted by atomic mass is 16.2. The van der Waals surface area contributed by atoms with Gasteiger partial charge in [-0.3, -0.25) is 9.59 Å². The number of nitrogens with one attached hydrogen (secondary N) is 2. The predicted octanol–water partition coefficient (Wildman–Crippen LogP) is 2.35. The van der Waals surface area contributed by atoms with Crippen LogP contribution >= 0.6 is 0 Å². The molecule has 126 valence electrons. The number of nitrogens with zero attached hydrogens (tertiary/aromatic N) is 1. The molecule has 0 spiro atoms. The smallest absolute Gasteiger partial charge is 0.253 e. The van der Waals surface area contributed by atoms with E-state index in [2.05, 4.69) is 10.3 Å². The van der Waals surface area contributed by atoms with Crippen LogP contribution in [0.5, 0.6) is 0 Å². The van der Waals surface area contributed by atoms with E-state index in [-0.39, 0.29) is 11.8 Å². The minimum Gasteiger partial charge on any atom is -0.367 e. The molecule has 1 saturated heterocycles. The lowest BCUT2D eigenvalue weighted by atomic mass is 10.0. The Morgan fingerprint density at radius 3 is 2.58 bits per heavy atom. The molecule has 2 amide bonds. The molecule has 0 aliphatic carbocycles. The zero-order chi connectivity index (χ0) is 16.9. The van der Waals surface area contributed by atoms with Crippen molar-refractivity contribution in [3.05, 3.63) is 59.4 Å². The molecular weight excluding hydrogens is 302 g/mol. The number of carbonyl (C=O) groups is 2. The number of aromatic nitrogens is 1. The van der Waals surface area contributed by atoms with Crippen molar-refractivity contribution in [3.8, 4) is 0 Å². The highest BCUT2D eigenvalue weighted by molar-refractivity contribution is 5.98. The summed E-state index contributed by atoms with van der Waals surface area (Å²) < 4.78 is 0. The largest absolute Gasteiger partial charge is 0.367 e. The summed E-state index contributed by atoms with van der Waals surface area (Å²) in [5.74, 6) is -0.205. The normalized spacial score (nSPS) is 15.3. The van der Waals surface area contributed by atoms with Gasteiger partial charge in [-0.25, -0.2) is 0 Å². The van der Waals surface area contributed by atoms with Crippen LogP contribution in [-0.2, 0) is 11.2 Å². The van der Waals surface area contributed by atoms with E-state index in [1.165, 1.54) is 0 Å². The number of amides is 2. The Morgan fingerprint density at radius 2 is 1.88 bits per heavy atom. The van der Waals surface area contributed by atoms with Gasteiger partial charge in [0.2, 0.25) is 5.91 Å². The number of likely N-dealkylation sites (tertiary alicyclic amines) is 1. The van der Waals surface area contributed by atoms with Crippen molar-refractivity contribution < 1.29 is 9.59 Å². The van der Waals surface area contributed by atoms with Gasteiger partial charge in [0.1, 0.15) is 6.04 Å². The second kappa shape index (κ2) is 7.34. The van der Waals surface area contributed by atoms with Crippen LogP contribution in [0, 0.1) is 0 Å². The molecule has 0 unspecified atom stereocenters. The van der Waals surface area contributed by atoms with Crippen molar-refractivity contribution in [2.24, 2.45) is 0 Å². The van der Waals surface area contributed by atoms with Gasteiger partial charge in [0.05, 0.1) is 5.56 Å². The maximum atomic E-state index is 12.5. The number of benzene rings is 1. The van der Waals surface area contributed by atoms with Crippen molar-refractivity contribution in [2.45, 2.75) is 32.2 Å². The molecule has 1 fully saturated rings. The Morgan fingerprint density at radius 1 is 1.17 bits per heavy atom. The Labute approximate surface area is 142 Å². The number of hydrogen-bond acceptors (Lipinski definition) is 2. The van der Waals surface area contributed by atoms with E-state index in [4.69, 9.17) is 0 Å². The van der Waals surface area contributed by atoms with Gasteiger partial charge < -0.3 is 15.2 Å². The van der Waals surface area contributed by atoms with E-state index in [1.807, 2.05) is 41.4 Å². The van der Waals surface area contributed by atoms with Crippen LogP contribution in [0.3, 0.4) is 0 Å². The summed E-state index contributed by atoms with van der Waals surface area (Å²) in [5.41, 5.74) is 2.67. The second-order valence-electron chi connectivity index (χ2n) is 6.28. The Balaban J connectivity index is 1.65. The minimum absolute atomic E-state index is 0.000921. The zero-order valence-corrected chi connectivity index (χ0v) is 13.9. The SMILES string of the molecule is C[C@H](NC(=O)c1c[nH]cc1Cc1ccccc1)C(=O)N1CCCC1. The van der Waals surface area contributed by atoms with Crippen LogP contribution < -0.4 is 5.32 Å². The summed E-state index contributed by atoms with van der Waals surface area (Å²) in [5, 5.41) is 2.83. The van der Waals surface area contributed by atoms with E-state index in [0.29, 0.717) is 12.0 Å². The molecule has 0 saturated carbocycles. The van der Waals surface area contributed by atoms with Crippen molar-refractivity contribution in [2.75, 3.05) is 13.1 Å². The van der Waals surface area contributed by atoms with Gasteiger partial charge in [-0.1, -0.05) is 30.3 Å². The molecule has 0 radical (unpaired) electrons. The van der Waals surface area contributed by atoms with Crippen LogP contribution in [0.25, 0.3) is 0 Å². The predicted molar refractivity (Wildman–Crippen MR) is 92.8 cm³/mol. The van der Waals surface area contributed by atoms with Crippen LogP contribution in [0.4, 0.5) is 0 Å². The zero-order valence-electron chi connectivity index (χ0n) is 13.9. The number of H-pyrrole nitrogens is 1. The molecule has 2 aromatic rings. The molecular formula is C19H23N3O2. The van der Waals surface area contributed by atoms with Gasteiger partial charge in [-0.2, -0.15) is 0 Å². The van der Waals surface area contributed by atoms with Gasteiger partial charge in [0.25, 0.3) is 5.91 Å². The molecule has 0 bridgehead atoms. The summed E-state index contributed by atoms with van der Waals surface area (Å²) in [6.07, 6.45) is 6.31. The minimum atomic E-state index is -0.505. The number of carbonyl (C=O) groups excluding carboxylic acids is 2. The van der Waals surface area contributed by atoms with Gasteiger partial charge >= 0.3 is 0 Å². The lowest BCUT2D eigenvalue weighted by Gasteiger charge is -2.21. The average molecular weight is 325 g/mol. The fourth-order valence-electron chi connectivity index (χ4n) is 3.12. The molecule has 3 rings (SSSR count). The quantitative estimate of drug-likeness (QED) is 0.886. The summed E-state index contributed by atoms with van der Waals surface area (Å²) >= 11 is 0. The first-order valence-corrected chi connectivity index (χ1v) is 8.44. The molecule has 5 nitrogen and oxygen atoms in total. The van der Waals surface area contributed by atoms with Crippen molar-refractivity contribution in [1.82, 2.24) is 15.2 Å². The molecule has 2 heterocycles. The Kier molecular flexibility index (Phi) is 4.99. The van der Waals surface area contributed by atoms with Crippen LogP contribution in [-0.4, -0.2) is 40.8 Å². The maximum absolute atomic E-state index is 12.5. The third-order valence-corrected chi connectivity index (χ3v) is 4.45. The van der Waals surface area contributed by atoms with E-state index in [1.54, 1.807) is 13.1 Å². The van der Waals surface area contributed by atoms with Gasteiger partial charge in [-0.05, 0) is 37.3 Å². The number of aromatic amines is 1. The van der Waals surface area contributed by atoms with Crippen molar-refractivity contribution >= 4 is 11.8 Å². The van der Waals surface area contributed by atoms with E-state index in [9.17, 15) is 9.59 Å². The standard InChI is InChI=1S/C19H23N3O2/c1-14(19(24)22-9-5-6-10-22)21-18(23)17-13-20-12-16(17)11-15-7-3-2-4-8-15/h2-4,7-8,12-14,20H,5-6,9-11H2,1H3,(H,21,23)/t14-/m0/s1. The highest BCUT2D eigenvalue weighted by Gasteiger charge is 2.25. The van der Waals surface area contributed by atoms with Crippen molar-refractivity contribution in [3.63, 3.8) is 0 Å². The second-order valence-corrected chi connectivity index (χ2v) is 6.28. The highest BCUT2D eigenvalue weighted by Crippen LogP contribution is 2.15. The van der Waals surface area contributed by atoms with Crippen LogP contribution in [0.1, 0.15) is 41.3 Å². The monoisotopic (exact) mass is 325 g/mol. The van der Waals surface area contributed by atoms with E-state index >= 15 is 0 Å². The van der Waals surface area contributed by atoms with Gasteiger partial charge in [0, 0.05) is 25.5 Å². The first-order valence-electron chi connectivity index (χ1n) is 8.44. The molecule has 1 aromatic heterocycles. The average Bonchev–Trinajstić information content (AvgIpc) is 3.26. The fourth-order valence-corrected chi connectivity index (χ4v) is 3.12. The van der Waals surface area contributed by atoms with Crippen molar-refractivity contribution in [1.29, 1.82) is 0 Å². The molecule has 1 atom stereocenters. The van der Waals surface area contributed by atoms with Gasteiger partial charge in [0.15, 0.2) is 0 Å².